The molecule has 1 aromatic rings. The maximum atomic E-state index is 3.97. The van der Waals surface area contributed by atoms with Crippen LogP contribution in [-0.4, -0.2) is 30.6 Å². The summed E-state index contributed by atoms with van der Waals surface area (Å²) in [5.74, 6) is 0.742. The number of benzene rings is 1. The minimum atomic E-state index is 0.547. The van der Waals surface area contributed by atoms with E-state index in [-0.39, 0.29) is 0 Å². The first-order chi connectivity index (χ1) is 10.3. The molecule has 2 aliphatic rings. The van der Waals surface area contributed by atoms with Crippen LogP contribution in [0.5, 0.6) is 0 Å². The first-order valence-electron chi connectivity index (χ1n) is 8.45. The summed E-state index contributed by atoms with van der Waals surface area (Å²) in [5.41, 5.74) is 3.10. The number of likely N-dealkylation sites (tertiary alicyclic amines) is 1. The molecular formula is C19H28N2. The Hall–Kier alpha value is -1.12. The molecule has 114 valence electrons. The van der Waals surface area contributed by atoms with Gasteiger partial charge in [-0.3, -0.25) is 4.90 Å². The fourth-order valence-electron chi connectivity index (χ4n) is 3.89. The van der Waals surface area contributed by atoms with Gasteiger partial charge in [-0.05, 0) is 55.8 Å². The van der Waals surface area contributed by atoms with Crippen LogP contribution in [0.15, 0.2) is 36.9 Å². The summed E-state index contributed by atoms with van der Waals surface area (Å²) < 4.78 is 0. The SMILES string of the molecule is C=CCN1CCC(N[C@H]2c3ccccc3CC[C@H]2C)CC1. The van der Waals surface area contributed by atoms with E-state index in [1.54, 1.807) is 11.1 Å². The number of nitrogens with zero attached hydrogens (tertiary/aromatic N) is 1. The second-order valence-electron chi connectivity index (χ2n) is 6.72. The Labute approximate surface area is 129 Å². The van der Waals surface area contributed by atoms with Crippen molar-refractivity contribution in [3.63, 3.8) is 0 Å². The highest BCUT2D eigenvalue weighted by Gasteiger charge is 2.29. The van der Waals surface area contributed by atoms with Crippen LogP contribution in [0, 0.1) is 5.92 Å². The van der Waals surface area contributed by atoms with Gasteiger partial charge in [0.05, 0.1) is 0 Å². The Bertz CT molecular complexity index is 474. The number of fused-ring (bicyclic) bond motifs is 1. The summed E-state index contributed by atoms with van der Waals surface area (Å²) in [6, 6.07) is 10.2. The van der Waals surface area contributed by atoms with E-state index in [1.807, 2.05) is 6.08 Å². The lowest BCUT2D eigenvalue weighted by Gasteiger charge is -2.38. The molecule has 1 aromatic carbocycles. The highest BCUT2D eigenvalue weighted by Crippen LogP contribution is 2.35. The van der Waals surface area contributed by atoms with Crippen molar-refractivity contribution < 1.29 is 0 Å². The highest BCUT2D eigenvalue weighted by atomic mass is 15.1. The number of piperidine rings is 1. The first kappa shape index (κ1) is 14.8. The van der Waals surface area contributed by atoms with E-state index in [0.717, 1.165) is 12.5 Å². The number of nitrogens with one attached hydrogen (secondary N) is 1. The number of aryl methyl sites for hydroxylation is 1. The molecule has 0 bridgehead atoms. The van der Waals surface area contributed by atoms with Gasteiger partial charge in [0.15, 0.2) is 0 Å². The lowest BCUT2D eigenvalue weighted by Crippen LogP contribution is -2.45. The molecule has 1 fully saturated rings. The normalized spacial score (nSPS) is 27.3. The Morgan fingerprint density at radius 3 is 2.76 bits per heavy atom. The van der Waals surface area contributed by atoms with Crippen molar-refractivity contribution in [1.82, 2.24) is 10.2 Å². The van der Waals surface area contributed by atoms with Crippen molar-refractivity contribution in [2.75, 3.05) is 19.6 Å². The fraction of sp³-hybridized carbons (Fsp3) is 0.579. The second kappa shape index (κ2) is 6.76. The molecule has 1 N–H and O–H groups in total. The van der Waals surface area contributed by atoms with Crippen LogP contribution in [-0.2, 0) is 6.42 Å². The van der Waals surface area contributed by atoms with Crippen LogP contribution in [0.25, 0.3) is 0 Å². The van der Waals surface area contributed by atoms with Gasteiger partial charge in [-0.2, -0.15) is 0 Å². The molecule has 0 saturated carbocycles. The van der Waals surface area contributed by atoms with E-state index in [1.165, 1.54) is 38.8 Å². The van der Waals surface area contributed by atoms with Gasteiger partial charge in [-0.25, -0.2) is 0 Å². The highest BCUT2D eigenvalue weighted by molar-refractivity contribution is 5.33. The molecule has 1 aliphatic heterocycles. The van der Waals surface area contributed by atoms with Crippen molar-refractivity contribution in [2.45, 2.75) is 44.7 Å². The monoisotopic (exact) mass is 284 g/mol. The third kappa shape index (κ3) is 3.38. The van der Waals surface area contributed by atoms with Crippen LogP contribution >= 0.6 is 0 Å². The summed E-state index contributed by atoms with van der Waals surface area (Å²) in [4.78, 5) is 2.50. The van der Waals surface area contributed by atoms with E-state index in [0.29, 0.717) is 12.1 Å². The first-order valence-corrected chi connectivity index (χ1v) is 8.45. The Morgan fingerprint density at radius 1 is 1.24 bits per heavy atom. The molecule has 1 aliphatic carbocycles. The van der Waals surface area contributed by atoms with Crippen LogP contribution in [0.4, 0.5) is 0 Å². The third-order valence-corrected chi connectivity index (χ3v) is 5.22. The molecule has 0 aromatic heterocycles. The van der Waals surface area contributed by atoms with E-state index < -0.39 is 0 Å². The van der Waals surface area contributed by atoms with E-state index in [9.17, 15) is 0 Å². The molecule has 0 amide bonds. The maximum absolute atomic E-state index is 3.97. The van der Waals surface area contributed by atoms with E-state index in [2.05, 4.69) is 48.0 Å². The minimum absolute atomic E-state index is 0.547. The van der Waals surface area contributed by atoms with Crippen LogP contribution in [0.2, 0.25) is 0 Å². The Balaban J connectivity index is 1.64. The zero-order valence-electron chi connectivity index (χ0n) is 13.2. The number of hydrogen-bond acceptors (Lipinski definition) is 2. The van der Waals surface area contributed by atoms with Crippen molar-refractivity contribution in [3.05, 3.63) is 48.0 Å². The Kier molecular flexibility index (Phi) is 4.77. The van der Waals surface area contributed by atoms with Crippen molar-refractivity contribution in [2.24, 2.45) is 5.92 Å². The van der Waals surface area contributed by atoms with Gasteiger partial charge in [-0.15, -0.1) is 6.58 Å². The molecule has 2 heteroatoms. The number of rotatable bonds is 4. The van der Waals surface area contributed by atoms with Crippen molar-refractivity contribution >= 4 is 0 Å². The quantitative estimate of drug-likeness (QED) is 0.851. The predicted molar refractivity (Wildman–Crippen MR) is 89.5 cm³/mol. The smallest absolute Gasteiger partial charge is 0.0351 e. The summed E-state index contributed by atoms with van der Waals surface area (Å²) >= 11 is 0. The van der Waals surface area contributed by atoms with Gasteiger partial charge in [0.1, 0.15) is 0 Å². The number of hydrogen-bond donors (Lipinski definition) is 1. The molecule has 0 spiro atoms. The molecule has 2 nitrogen and oxygen atoms in total. The largest absolute Gasteiger partial charge is 0.307 e. The van der Waals surface area contributed by atoms with Gasteiger partial charge < -0.3 is 5.32 Å². The van der Waals surface area contributed by atoms with Crippen LogP contribution < -0.4 is 5.32 Å². The zero-order chi connectivity index (χ0) is 14.7. The average molecular weight is 284 g/mol. The molecule has 0 unspecified atom stereocenters. The topological polar surface area (TPSA) is 15.3 Å². The molecule has 1 heterocycles. The third-order valence-electron chi connectivity index (χ3n) is 5.22. The molecule has 21 heavy (non-hydrogen) atoms. The molecule has 1 saturated heterocycles. The minimum Gasteiger partial charge on any atom is -0.307 e. The summed E-state index contributed by atoms with van der Waals surface area (Å²) in [7, 11) is 0. The Morgan fingerprint density at radius 2 is 2.00 bits per heavy atom. The van der Waals surface area contributed by atoms with Crippen molar-refractivity contribution in [1.29, 1.82) is 0 Å². The van der Waals surface area contributed by atoms with Gasteiger partial charge in [0, 0.05) is 18.6 Å². The summed E-state index contributed by atoms with van der Waals surface area (Å²) in [6.07, 6.45) is 7.10. The van der Waals surface area contributed by atoms with Gasteiger partial charge in [0.2, 0.25) is 0 Å². The molecule has 2 atom stereocenters. The van der Waals surface area contributed by atoms with Gasteiger partial charge >= 0.3 is 0 Å². The standard InChI is InChI=1S/C19H28N2/c1-3-12-21-13-10-17(11-14-21)20-19-15(2)8-9-16-6-4-5-7-18(16)19/h3-7,15,17,19-20H,1,8-14H2,2H3/t15-,19-/m1/s1. The summed E-state index contributed by atoms with van der Waals surface area (Å²) in [6.45, 7) is 9.69. The predicted octanol–water partition coefficient (Wildman–Crippen LogP) is 3.55. The summed E-state index contributed by atoms with van der Waals surface area (Å²) in [5, 5.41) is 3.97. The lowest BCUT2D eigenvalue weighted by molar-refractivity contribution is 0.192. The van der Waals surface area contributed by atoms with E-state index in [4.69, 9.17) is 0 Å². The second-order valence-corrected chi connectivity index (χ2v) is 6.72. The molecular weight excluding hydrogens is 256 g/mol. The van der Waals surface area contributed by atoms with Gasteiger partial charge in [-0.1, -0.05) is 37.3 Å². The maximum Gasteiger partial charge on any atom is 0.0351 e. The van der Waals surface area contributed by atoms with E-state index >= 15 is 0 Å². The molecule has 0 radical (unpaired) electrons. The van der Waals surface area contributed by atoms with Crippen LogP contribution in [0.3, 0.4) is 0 Å². The van der Waals surface area contributed by atoms with Gasteiger partial charge in [0.25, 0.3) is 0 Å². The zero-order valence-corrected chi connectivity index (χ0v) is 13.2. The van der Waals surface area contributed by atoms with Crippen LogP contribution in [0.1, 0.15) is 43.4 Å². The lowest BCUT2D eigenvalue weighted by atomic mass is 9.80. The van der Waals surface area contributed by atoms with Crippen molar-refractivity contribution in [3.8, 4) is 0 Å². The average Bonchev–Trinajstić information content (AvgIpc) is 2.52. The molecule has 3 rings (SSSR count). The fourth-order valence-corrected chi connectivity index (χ4v) is 3.89.